The van der Waals surface area contributed by atoms with Crippen molar-refractivity contribution in [2.75, 3.05) is 5.73 Å². The number of nitrogen functional groups attached to an aromatic ring is 1. The number of aryl methyl sites for hydroxylation is 3. The molecular weight excluding hydrogens is 302 g/mol. The molecule has 23 heavy (non-hydrogen) atoms. The van der Waals surface area contributed by atoms with Crippen molar-refractivity contribution in [1.29, 1.82) is 5.26 Å². The smallest absolute Gasteiger partial charge is 0.142 e. The predicted molar refractivity (Wildman–Crippen MR) is 96.3 cm³/mol. The van der Waals surface area contributed by atoms with Gasteiger partial charge < -0.3 is 5.73 Å². The lowest BCUT2D eigenvalue weighted by atomic mass is 9.99. The van der Waals surface area contributed by atoms with Gasteiger partial charge in [-0.2, -0.15) is 5.26 Å². The summed E-state index contributed by atoms with van der Waals surface area (Å²) in [7, 11) is 0. The third-order valence-electron chi connectivity index (χ3n) is 3.83. The molecule has 0 spiro atoms. The number of rotatable bonds is 2. The Balaban J connectivity index is 2.27. The molecular formula is C19H17N3S. The topological polar surface area (TPSA) is 62.7 Å². The molecule has 3 nitrogen and oxygen atoms in total. The van der Waals surface area contributed by atoms with E-state index in [0.717, 1.165) is 27.3 Å². The number of pyridine rings is 1. The summed E-state index contributed by atoms with van der Waals surface area (Å²) >= 11 is 1.66. The molecule has 0 aliphatic carbocycles. The summed E-state index contributed by atoms with van der Waals surface area (Å²) in [5.41, 5.74) is 11.5. The minimum atomic E-state index is 0.284. The normalized spacial score (nSPS) is 10.5. The van der Waals surface area contributed by atoms with Crippen molar-refractivity contribution in [2.45, 2.75) is 20.8 Å². The van der Waals surface area contributed by atoms with E-state index >= 15 is 0 Å². The van der Waals surface area contributed by atoms with E-state index in [1.807, 2.05) is 12.1 Å². The molecule has 0 unspecified atom stereocenters. The SMILES string of the molecule is Cc1ccc(C)c(-c2cc(-c3ccc(C)s3)c(C#N)c(N)n2)c1. The number of nitrogens with two attached hydrogens (primary N) is 1. The monoisotopic (exact) mass is 319 g/mol. The van der Waals surface area contributed by atoms with Crippen LogP contribution in [0.15, 0.2) is 36.4 Å². The van der Waals surface area contributed by atoms with Crippen molar-refractivity contribution in [3.63, 3.8) is 0 Å². The molecule has 0 radical (unpaired) electrons. The van der Waals surface area contributed by atoms with Crippen LogP contribution in [0.4, 0.5) is 5.82 Å². The standard InChI is InChI=1S/C19H17N3S/c1-11-4-5-12(2)14(8-11)17-9-15(16(10-20)19(21)22-17)18-7-6-13(3)23-18/h4-9H,1-3H3,(H2,21,22). The van der Waals surface area contributed by atoms with Crippen LogP contribution in [0.3, 0.4) is 0 Å². The van der Waals surface area contributed by atoms with Crippen molar-refractivity contribution in [1.82, 2.24) is 4.98 Å². The molecule has 0 aliphatic heterocycles. The van der Waals surface area contributed by atoms with Crippen molar-refractivity contribution in [2.24, 2.45) is 0 Å². The molecule has 3 aromatic rings. The van der Waals surface area contributed by atoms with Crippen LogP contribution in [0.25, 0.3) is 21.7 Å². The Labute approximate surface area is 140 Å². The zero-order valence-corrected chi connectivity index (χ0v) is 14.2. The molecule has 0 bridgehead atoms. The van der Waals surface area contributed by atoms with Gasteiger partial charge in [-0.25, -0.2) is 4.98 Å². The third-order valence-corrected chi connectivity index (χ3v) is 4.87. The van der Waals surface area contributed by atoms with Gasteiger partial charge in [-0.15, -0.1) is 11.3 Å². The summed E-state index contributed by atoms with van der Waals surface area (Å²) in [6.45, 7) is 6.16. The second kappa shape index (κ2) is 5.86. The van der Waals surface area contributed by atoms with E-state index in [0.29, 0.717) is 5.56 Å². The van der Waals surface area contributed by atoms with Crippen LogP contribution >= 0.6 is 11.3 Å². The first-order chi connectivity index (χ1) is 11.0. The number of nitrogens with zero attached hydrogens (tertiary/aromatic N) is 2. The Bertz CT molecular complexity index is 932. The maximum absolute atomic E-state index is 9.46. The van der Waals surface area contributed by atoms with Crippen LogP contribution in [0.2, 0.25) is 0 Å². The van der Waals surface area contributed by atoms with Crippen molar-refractivity contribution < 1.29 is 0 Å². The Kier molecular flexibility index (Phi) is 3.89. The number of thiophene rings is 1. The molecule has 0 amide bonds. The first-order valence-corrected chi connectivity index (χ1v) is 8.16. The van der Waals surface area contributed by atoms with Gasteiger partial charge in [0.25, 0.3) is 0 Å². The quantitative estimate of drug-likeness (QED) is 0.734. The summed E-state index contributed by atoms with van der Waals surface area (Å²) in [5, 5.41) is 9.46. The first kappa shape index (κ1) is 15.3. The average molecular weight is 319 g/mol. The molecule has 0 atom stereocenters. The van der Waals surface area contributed by atoms with E-state index in [4.69, 9.17) is 5.73 Å². The highest BCUT2D eigenvalue weighted by atomic mass is 32.1. The Morgan fingerprint density at radius 1 is 1.04 bits per heavy atom. The first-order valence-electron chi connectivity index (χ1n) is 7.34. The lowest BCUT2D eigenvalue weighted by molar-refractivity contribution is 1.29. The molecule has 0 saturated heterocycles. The number of hydrogen-bond acceptors (Lipinski definition) is 4. The van der Waals surface area contributed by atoms with E-state index in [-0.39, 0.29) is 5.82 Å². The number of anilines is 1. The summed E-state index contributed by atoms with van der Waals surface area (Å²) in [5.74, 6) is 0.284. The summed E-state index contributed by atoms with van der Waals surface area (Å²) < 4.78 is 0. The van der Waals surface area contributed by atoms with Crippen molar-refractivity contribution in [3.8, 4) is 27.8 Å². The maximum atomic E-state index is 9.46. The maximum Gasteiger partial charge on any atom is 0.142 e. The number of hydrogen-bond donors (Lipinski definition) is 1. The lowest BCUT2D eigenvalue weighted by Gasteiger charge is -2.11. The van der Waals surface area contributed by atoms with E-state index in [9.17, 15) is 5.26 Å². The van der Waals surface area contributed by atoms with Gasteiger partial charge in [-0.3, -0.25) is 0 Å². The van der Waals surface area contributed by atoms with Crippen LogP contribution in [-0.4, -0.2) is 4.98 Å². The van der Waals surface area contributed by atoms with Crippen LogP contribution in [0.1, 0.15) is 21.6 Å². The highest BCUT2D eigenvalue weighted by molar-refractivity contribution is 7.15. The Hall–Kier alpha value is -2.64. The van der Waals surface area contributed by atoms with Crippen LogP contribution in [0.5, 0.6) is 0 Å². The molecule has 114 valence electrons. The minimum Gasteiger partial charge on any atom is -0.383 e. The van der Waals surface area contributed by atoms with Gasteiger partial charge >= 0.3 is 0 Å². The molecule has 2 heterocycles. The van der Waals surface area contributed by atoms with E-state index < -0.39 is 0 Å². The molecule has 0 saturated carbocycles. The highest BCUT2D eigenvalue weighted by Gasteiger charge is 2.15. The molecule has 0 fully saturated rings. The fourth-order valence-electron chi connectivity index (χ4n) is 2.61. The van der Waals surface area contributed by atoms with Gasteiger partial charge in [0.1, 0.15) is 17.5 Å². The van der Waals surface area contributed by atoms with Gasteiger partial charge in [-0.1, -0.05) is 17.7 Å². The van der Waals surface area contributed by atoms with Gasteiger partial charge in [0.15, 0.2) is 0 Å². The third kappa shape index (κ3) is 2.84. The molecule has 0 aliphatic rings. The predicted octanol–water partition coefficient (Wildman–Crippen LogP) is 4.86. The van der Waals surface area contributed by atoms with E-state index in [2.05, 4.69) is 56.1 Å². The second-order valence-corrected chi connectivity index (χ2v) is 6.94. The number of nitriles is 1. The van der Waals surface area contributed by atoms with Crippen LogP contribution in [-0.2, 0) is 0 Å². The zero-order chi connectivity index (χ0) is 16.6. The number of benzene rings is 1. The second-order valence-electron chi connectivity index (χ2n) is 5.66. The lowest BCUT2D eigenvalue weighted by Crippen LogP contribution is -2.00. The van der Waals surface area contributed by atoms with Crippen molar-refractivity contribution in [3.05, 3.63) is 58.0 Å². The summed E-state index contributed by atoms with van der Waals surface area (Å²) in [6.07, 6.45) is 0. The fraction of sp³-hybridized carbons (Fsp3) is 0.158. The largest absolute Gasteiger partial charge is 0.383 e. The molecule has 3 rings (SSSR count). The van der Waals surface area contributed by atoms with Gasteiger partial charge in [0.05, 0.1) is 5.69 Å². The summed E-state index contributed by atoms with van der Waals surface area (Å²) in [4.78, 5) is 6.71. The zero-order valence-electron chi connectivity index (χ0n) is 13.3. The average Bonchev–Trinajstić information content (AvgIpc) is 2.95. The Morgan fingerprint density at radius 2 is 1.83 bits per heavy atom. The molecule has 4 heteroatoms. The van der Waals surface area contributed by atoms with Gasteiger partial charge in [0, 0.05) is 20.9 Å². The molecule has 2 N–H and O–H groups in total. The highest BCUT2D eigenvalue weighted by Crippen LogP contribution is 2.35. The minimum absolute atomic E-state index is 0.284. The molecule has 1 aromatic carbocycles. The Morgan fingerprint density at radius 3 is 2.48 bits per heavy atom. The number of aromatic nitrogens is 1. The van der Waals surface area contributed by atoms with Crippen LogP contribution in [0, 0.1) is 32.1 Å². The van der Waals surface area contributed by atoms with Gasteiger partial charge in [0.2, 0.25) is 0 Å². The van der Waals surface area contributed by atoms with Crippen molar-refractivity contribution >= 4 is 17.2 Å². The van der Waals surface area contributed by atoms with E-state index in [1.165, 1.54) is 10.4 Å². The fourth-order valence-corrected chi connectivity index (χ4v) is 3.50. The van der Waals surface area contributed by atoms with Crippen LogP contribution < -0.4 is 5.73 Å². The molecule has 2 aromatic heterocycles. The summed E-state index contributed by atoms with van der Waals surface area (Å²) in [6, 6.07) is 14.5. The van der Waals surface area contributed by atoms with Gasteiger partial charge in [-0.05, 0) is 50.6 Å². The van der Waals surface area contributed by atoms with E-state index in [1.54, 1.807) is 11.3 Å².